The van der Waals surface area contributed by atoms with Gasteiger partial charge in [0.2, 0.25) is 5.95 Å². The van der Waals surface area contributed by atoms with Crippen molar-refractivity contribution in [1.29, 1.82) is 0 Å². The van der Waals surface area contributed by atoms with E-state index in [1.165, 1.54) is 29.2 Å². The normalized spacial score (nSPS) is 14.1. The highest BCUT2D eigenvalue weighted by Crippen LogP contribution is 2.30. The van der Waals surface area contributed by atoms with Gasteiger partial charge in [-0.3, -0.25) is 0 Å². The number of alkyl halides is 3. The van der Waals surface area contributed by atoms with Crippen LogP contribution in [0.25, 0.3) is 0 Å². The van der Waals surface area contributed by atoms with Crippen LogP contribution >= 0.6 is 0 Å². The average Bonchev–Trinajstić information content (AvgIpc) is 2.53. The Morgan fingerprint density at radius 2 is 1.72 bits per heavy atom. The first-order chi connectivity index (χ1) is 11.6. The number of aliphatic hydroxyl groups is 1. The van der Waals surface area contributed by atoms with Gasteiger partial charge in [0.1, 0.15) is 11.6 Å². The molecule has 136 valence electrons. The molecule has 2 atom stereocenters. The maximum atomic E-state index is 13.0. The number of hydrogen-bond donors (Lipinski definition) is 2. The highest BCUT2D eigenvalue weighted by molar-refractivity contribution is 5.45. The first kappa shape index (κ1) is 18.9. The molecule has 9 heteroatoms. The number of nitrogens with one attached hydrogen (secondary N) is 1. The van der Waals surface area contributed by atoms with E-state index < -0.39 is 29.8 Å². The number of rotatable bonds is 5. The van der Waals surface area contributed by atoms with Crippen molar-refractivity contribution in [2.24, 2.45) is 0 Å². The van der Waals surface area contributed by atoms with Crippen LogP contribution in [0.5, 0.6) is 0 Å². The van der Waals surface area contributed by atoms with Crippen molar-refractivity contribution in [3.05, 3.63) is 47.4 Å². The zero-order chi connectivity index (χ0) is 18.8. The van der Waals surface area contributed by atoms with Crippen molar-refractivity contribution in [1.82, 2.24) is 9.97 Å². The third-order valence-electron chi connectivity index (χ3n) is 3.50. The van der Waals surface area contributed by atoms with Gasteiger partial charge in [0, 0.05) is 20.2 Å². The smallest absolute Gasteiger partial charge is 0.386 e. The summed E-state index contributed by atoms with van der Waals surface area (Å²) in [5, 5.41) is 12.9. The molecule has 0 unspecified atom stereocenters. The van der Waals surface area contributed by atoms with E-state index in [0.717, 1.165) is 6.07 Å². The molecule has 25 heavy (non-hydrogen) atoms. The van der Waals surface area contributed by atoms with Gasteiger partial charge in [-0.05, 0) is 24.6 Å². The number of benzene rings is 1. The Balaban J connectivity index is 2.25. The quantitative estimate of drug-likeness (QED) is 0.804. The molecule has 2 aromatic rings. The van der Waals surface area contributed by atoms with Crippen LogP contribution in [0.3, 0.4) is 0 Å². The zero-order valence-electron chi connectivity index (χ0n) is 13.8. The third kappa shape index (κ3) is 4.79. The summed E-state index contributed by atoms with van der Waals surface area (Å²) in [6.45, 7) is 1.56. The first-order valence-electron chi connectivity index (χ1n) is 7.41. The Labute approximate surface area is 142 Å². The maximum Gasteiger partial charge on any atom is 0.433 e. The van der Waals surface area contributed by atoms with E-state index in [1.54, 1.807) is 21.0 Å². The van der Waals surface area contributed by atoms with E-state index in [0.29, 0.717) is 5.56 Å². The predicted molar refractivity (Wildman–Crippen MR) is 85.8 cm³/mol. The van der Waals surface area contributed by atoms with Gasteiger partial charge in [-0.2, -0.15) is 18.2 Å². The molecule has 0 aliphatic heterocycles. The Morgan fingerprint density at radius 1 is 1.12 bits per heavy atom. The van der Waals surface area contributed by atoms with E-state index in [2.05, 4.69) is 15.3 Å². The van der Waals surface area contributed by atoms with Crippen LogP contribution in [0.15, 0.2) is 30.3 Å². The van der Waals surface area contributed by atoms with E-state index in [9.17, 15) is 22.7 Å². The Kier molecular flexibility index (Phi) is 5.46. The third-order valence-corrected chi connectivity index (χ3v) is 3.50. The number of hydrogen-bond acceptors (Lipinski definition) is 5. The fraction of sp³-hybridized carbons (Fsp3) is 0.375. The molecule has 1 aromatic carbocycles. The predicted octanol–water partition coefficient (Wildman–Crippen LogP) is 3.23. The molecule has 0 aliphatic carbocycles. The Morgan fingerprint density at radius 3 is 2.24 bits per heavy atom. The summed E-state index contributed by atoms with van der Waals surface area (Å²) in [6.07, 6.45) is -5.70. The molecule has 0 saturated carbocycles. The van der Waals surface area contributed by atoms with Crippen LogP contribution in [0.2, 0.25) is 0 Å². The molecule has 0 fully saturated rings. The standard InChI is InChI=1S/C16H18F4N4O/c1-9(14(25)10-4-6-11(17)7-5-10)21-15-22-12(16(18,19)20)8-13(23-15)24(2)3/h4-9,14,25H,1-3H3,(H,21,22,23)/t9-,14-/m0/s1. The number of anilines is 2. The monoisotopic (exact) mass is 358 g/mol. The molecule has 2 N–H and O–H groups in total. The minimum atomic E-state index is -4.62. The van der Waals surface area contributed by atoms with E-state index in [4.69, 9.17) is 0 Å². The lowest BCUT2D eigenvalue weighted by Gasteiger charge is -2.22. The van der Waals surface area contributed by atoms with Crippen LogP contribution in [0.4, 0.5) is 29.3 Å². The Hall–Kier alpha value is -2.42. The molecule has 0 aliphatic rings. The number of aromatic nitrogens is 2. The summed E-state index contributed by atoms with van der Waals surface area (Å²) in [6, 6.07) is 5.31. The number of nitrogens with zero attached hydrogens (tertiary/aromatic N) is 3. The first-order valence-corrected chi connectivity index (χ1v) is 7.41. The SMILES string of the molecule is C[C@H](Nc1nc(N(C)C)cc(C(F)(F)F)n1)[C@H](O)c1ccc(F)cc1. The van der Waals surface area contributed by atoms with Crippen molar-refractivity contribution < 1.29 is 22.7 Å². The molecule has 1 heterocycles. The number of aliphatic hydroxyl groups excluding tert-OH is 1. The van der Waals surface area contributed by atoms with Gasteiger partial charge < -0.3 is 15.3 Å². The van der Waals surface area contributed by atoms with Gasteiger partial charge in [-0.1, -0.05) is 12.1 Å². The second-order valence-electron chi connectivity index (χ2n) is 5.76. The zero-order valence-corrected chi connectivity index (χ0v) is 13.8. The summed E-state index contributed by atoms with van der Waals surface area (Å²) < 4.78 is 51.9. The van der Waals surface area contributed by atoms with Crippen molar-refractivity contribution in [2.75, 3.05) is 24.3 Å². The van der Waals surface area contributed by atoms with Gasteiger partial charge in [0.25, 0.3) is 0 Å². The second kappa shape index (κ2) is 7.22. The fourth-order valence-corrected chi connectivity index (χ4v) is 2.10. The molecule has 0 saturated heterocycles. The minimum Gasteiger partial charge on any atom is -0.386 e. The topological polar surface area (TPSA) is 61.3 Å². The van der Waals surface area contributed by atoms with Crippen molar-refractivity contribution in [3.63, 3.8) is 0 Å². The van der Waals surface area contributed by atoms with Gasteiger partial charge >= 0.3 is 6.18 Å². The molecular formula is C16H18F4N4O. The largest absolute Gasteiger partial charge is 0.433 e. The summed E-state index contributed by atoms with van der Waals surface area (Å²) in [4.78, 5) is 8.90. The maximum absolute atomic E-state index is 13.0. The van der Waals surface area contributed by atoms with Crippen LogP contribution in [-0.4, -0.2) is 35.2 Å². The van der Waals surface area contributed by atoms with Crippen LogP contribution in [0.1, 0.15) is 24.3 Å². The molecule has 0 bridgehead atoms. The summed E-state index contributed by atoms with van der Waals surface area (Å²) in [5.74, 6) is -0.631. The Bertz CT molecular complexity index is 719. The summed E-state index contributed by atoms with van der Waals surface area (Å²) in [5.41, 5.74) is -0.668. The van der Waals surface area contributed by atoms with Crippen molar-refractivity contribution >= 4 is 11.8 Å². The lowest BCUT2D eigenvalue weighted by atomic mass is 10.0. The van der Waals surface area contributed by atoms with Crippen molar-refractivity contribution in [2.45, 2.75) is 25.2 Å². The highest BCUT2D eigenvalue weighted by atomic mass is 19.4. The van der Waals surface area contributed by atoms with Gasteiger partial charge in [-0.25, -0.2) is 9.37 Å². The summed E-state index contributed by atoms with van der Waals surface area (Å²) >= 11 is 0. The van der Waals surface area contributed by atoms with Crippen LogP contribution < -0.4 is 10.2 Å². The van der Waals surface area contributed by atoms with Gasteiger partial charge in [0.15, 0.2) is 5.69 Å². The molecule has 0 radical (unpaired) electrons. The minimum absolute atomic E-state index is 0.0771. The number of halogens is 4. The van der Waals surface area contributed by atoms with E-state index >= 15 is 0 Å². The van der Waals surface area contributed by atoms with Gasteiger partial charge in [-0.15, -0.1) is 0 Å². The van der Waals surface area contributed by atoms with Gasteiger partial charge in [0.05, 0.1) is 12.1 Å². The van der Waals surface area contributed by atoms with Crippen LogP contribution in [-0.2, 0) is 6.18 Å². The average molecular weight is 358 g/mol. The molecule has 1 aromatic heterocycles. The molecule has 0 spiro atoms. The molecule has 2 rings (SSSR count). The van der Waals surface area contributed by atoms with E-state index in [1.807, 2.05) is 0 Å². The summed E-state index contributed by atoms with van der Waals surface area (Å²) in [7, 11) is 3.12. The molecule has 5 nitrogen and oxygen atoms in total. The second-order valence-corrected chi connectivity index (χ2v) is 5.76. The van der Waals surface area contributed by atoms with Crippen molar-refractivity contribution in [3.8, 4) is 0 Å². The highest BCUT2D eigenvalue weighted by Gasteiger charge is 2.34. The fourth-order valence-electron chi connectivity index (χ4n) is 2.10. The molecular weight excluding hydrogens is 340 g/mol. The molecule has 0 amide bonds. The lowest BCUT2D eigenvalue weighted by molar-refractivity contribution is -0.141. The van der Waals surface area contributed by atoms with E-state index in [-0.39, 0.29) is 11.8 Å². The van der Waals surface area contributed by atoms with Crippen LogP contribution in [0, 0.1) is 5.82 Å². The lowest BCUT2D eigenvalue weighted by Crippen LogP contribution is -2.26.